The van der Waals surface area contributed by atoms with Crippen LogP contribution in [-0.4, -0.2) is 34.6 Å². The molecule has 2 aliphatic heterocycles. The summed E-state index contributed by atoms with van der Waals surface area (Å²) in [7, 11) is 0. The maximum atomic E-state index is 11.7. The second-order valence-corrected chi connectivity index (χ2v) is 5.06. The minimum Gasteiger partial charge on any atom is -0.391 e. The summed E-state index contributed by atoms with van der Waals surface area (Å²) in [5, 5.41) is 10.1. The first-order valence-corrected chi connectivity index (χ1v) is 6.28. The first kappa shape index (κ1) is 10.8. The summed E-state index contributed by atoms with van der Waals surface area (Å²) in [5.74, 6) is 0.485. The van der Waals surface area contributed by atoms with Gasteiger partial charge in [0.1, 0.15) is 0 Å². The molecule has 90 valence electrons. The van der Waals surface area contributed by atoms with Crippen molar-refractivity contribution in [3.8, 4) is 0 Å². The highest BCUT2D eigenvalue weighted by atomic mass is 16.3. The first-order valence-electron chi connectivity index (χ1n) is 6.28. The van der Waals surface area contributed by atoms with Gasteiger partial charge in [-0.25, -0.2) is 0 Å². The summed E-state index contributed by atoms with van der Waals surface area (Å²) < 4.78 is 0. The molecule has 0 radical (unpaired) electrons. The topological polar surface area (TPSA) is 40.5 Å². The van der Waals surface area contributed by atoms with Crippen LogP contribution in [0.25, 0.3) is 0 Å². The number of carbonyl (C=O) groups is 1. The zero-order chi connectivity index (χ0) is 11.8. The van der Waals surface area contributed by atoms with Crippen molar-refractivity contribution in [2.24, 2.45) is 0 Å². The van der Waals surface area contributed by atoms with Crippen LogP contribution in [-0.2, 0) is 4.79 Å². The van der Waals surface area contributed by atoms with Gasteiger partial charge in [0, 0.05) is 18.9 Å². The van der Waals surface area contributed by atoms with Gasteiger partial charge in [0.05, 0.1) is 12.1 Å². The monoisotopic (exact) mass is 231 g/mol. The fraction of sp³-hybridized carbons (Fsp3) is 0.500. The number of hydrogen-bond donors (Lipinski definition) is 1. The van der Waals surface area contributed by atoms with E-state index in [0.29, 0.717) is 6.42 Å². The Bertz CT molecular complexity index is 417. The summed E-state index contributed by atoms with van der Waals surface area (Å²) in [6.45, 7) is 0.768. The maximum absolute atomic E-state index is 11.7. The Morgan fingerprint density at radius 2 is 2.00 bits per heavy atom. The number of amides is 1. The molecule has 17 heavy (non-hydrogen) atoms. The van der Waals surface area contributed by atoms with Gasteiger partial charge >= 0.3 is 0 Å². The molecular weight excluding hydrogens is 214 g/mol. The van der Waals surface area contributed by atoms with Crippen LogP contribution in [0, 0.1) is 0 Å². The Hall–Kier alpha value is -1.35. The Balaban J connectivity index is 1.83. The third kappa shape index (κ3) is 1.84. The van der Waals surface area contributed by atoms with Gasteiger partial charge in [-0.05, 0) is 18.4 Å². The van der Waals surface area contributed by atoms with Crippen molar-refractivity contribution >= 4 is 5.91 Å². The lowest BCUT2D eigenvalue weighted by molar-refractivity contribution is -0.132. The summed E-state index contributed by atoms with van der Waals surface area (Å²) >= 11 is 0. The number of rotatable bonds is 1. The summed E-state index contributed by atoms with van der Waals surface area (Å²) in [4.78, 5) is 13.6. The van der Waals surface area contributed by atoms with Crippen LogP contribution in [0.5, 0.6) is 0 Å². The van der Waals surface area contributed by atoms with Crippen molar-refractivity contribution in [3.05, 3.63) is 35.9 Å². The molecule has 0 saturated carbocycles. The average Bonchev–Trinajstić information content (AvgIpc) is 2.73. The van der Waals surface area contributed by atoms with Gasteiger partial charge in [-0.3, -0.25) is 4.79 Å². The number of piperidine rings is 1. The molecular formula is C14H17NO2. The third-order valence-corrected chi connectivity index (χ3v) is 4.03. The molecule has 0 aromatic heterocycles. The maximum Gasteiger partial charge on any atom is 0.223 e. The van der Waals surface area contributed by atoms with Crippen LogP contribution in [0.4, 0.5) is 0 Å². The molecule has 0 bridgehead atoms. The predicted molar refractivity (Wildman–Crippen MR) is 64.5 cm³/mol. The van der Waals surface area contributed by atoms with Crippen LogP contribution in [0.3, 0.4) is 0 Å². The van der Waals surface area contributed by atoms with Gasteiger partial charge in [0.2, 0.25) is 5.91 Å². The van der Waals surface area contributed by atoms with E-state index in [1.165, 1.54) is 5.56 Å². The average molecular weight is 231 g/mol. The highest BCUT2D eigenvalue weighted by molar-refractivity contribution is 5.79. The molecule has 1 aromatic carbocycles. The molecule has 0 unspecified atom stereocenters. The van der Waals surface area contributed by atoms with Crippen molar-refractivity contribution in [3.63, 3.8) is 0 Å². The second-order valence-electron chi connectivity index (χ2n) is 5.06. The minimum absolute atomic E-state index is 0.0717. The van der Waals surface area contributed by atoms with Crippen LogP contribution < -0.4 is 0 Å². The molecule has 0 spiro atoms. The zero-order valence-electron chi connectivity index (χ0n) is 9.75. The Kier molecular flexibility index (Phi) is 2.63. The summed E-state index contributed by atoms with van der Waals surface area (Å²) in [6.07, 6.45) is 1.84. The van der Waals surface area contributed by atoms with Crippen LogP contribution >= 0.6 is 0 Å². The molecule has 1 N–H and O–H groups in total. The smallest absolute Gasteiger partial charge is 0.223 e. The second kappa shape index (κ2) is 4.15. The van der Waals surface area contributed by atoms with Crippen LogP contribution in [0.2, 0.25) is 0 Å². The van der Waals surface area contributed by atoms with Gasteiger partial charge in [0.25, 0.3) is 0 Å². The number of carbonyl (C=O) groups excluding carboxylic acids is 1. The lowest BCUT2D eigenvalue weighted by atomic mass is 9.86. The van der Waals surface area contributed by atoms with E-state index < -0.39 is 0 Å². The van der Waals surface area contributed by atoms with Crippen LogP contribution in [0.15, 0.2) is 30.3 Å². The van der Waals surface area contributed by atoms with E-state index in [-0.39, 0.29) is 24.0 Å². The Morgan fingerprint density at radius 3 is 2.76 bits per heavy atom. The number of aliphatic hydroxyl groups excluding tert-OH is 1. The highest BCUT2D eigenvalue weighted by Crippen LogP contribution is 2.35. The molecule has 3 nitrogen and oxygen atoms in total. The molecule has 3 rings (SSSR count). The van der Waals surface area contributed by atoms with Gasteiger partial charge in [-0.1, -0.05) is 30.3 Å². The van der Waals surface area contributed by atoms with Crippen molar-refractivity contribution in [1.82, 2.24) is 4.90 Å². The quantitative estimate of drug-likeness (QED) is 0.796. The van der Waals surface area contributed by atoms with E-state index in [9.17, 15) is 9.90 Å². The van der Waals surface area contributed by atoms with Gasteiger partial charge in [0.15, 0.2) is 0 Å². The normalized spacial score (nSPS) is 32.6. The minimum atomic E-state index is -0.361. The zero-order valence-corrected chi connectivity index (χ0v) is 9.75. The number of aliphatic hydroxyl groups is 1. The van der Waals surface area contributed by atoms with Gasteiger partial charge in [-0.15, -0.1) is 0 Å². The van der Waals surface area contributed by atoms with Gasteiger partial charge < -0.3 is 10.0 Å². The fourth-order valence-electron chi connectivity index (χ4n) is 3.12. The third-order valence-electron chi connectivity index (χ3n) is 4.03. The number of nitrogens with zero attached hydrogens (tertiary/aromatic N) is 1. The molecule has 2 fully saturated rings. The van der Waals surface area contributed by atoms with Crippen molar-refractivity contribution < 1.29 is 9.90 Å². The molecule has 1 aromatic rings. The van der Waals surface area contributed by atoms with E-state index in [0.717, 1.165) is 19.4 Å². The first-order chi connectivity index (χ1) is 8.25. The Labute approximate surface area is 101 Å². The predicted octanol–water partition coefficient (Wildman–Crippen LogP) is 1.53. The lowest BCUT2D eigenvalue weighted by Gasteiger charge is -2.38. The van der Waals surface area contributed by atoms with Crippen molar-refractivity contribution in [2.45, 2.75) is 37.3 Å². The highest BCUT2D eigenvalue weighted by Gasteiger charge is 2.41. The van der Waals surface area contributed by atoms with Crippen molar-refractivity contribution in [2.75, 3.05) is 6.54 Å². The molecule has 0 aliphatic carbocycles. The van der Waals surface area contributed by atoms with E-state index >= 15 is 0 Å². The summed E-state index contributed by atoms with van der Waals surface area (Å²) in [5.41, 5.74) is 1.23. The van der Waals surface area contributed by atoms with E-state index in [4.69, 9.17) is 0 Å². The molecule has 3 heteroatoms. The van der Waals surface area contributed by atoms with Crippen molar-refractivity contribution in [1.29, 1.82) is 0 Å². The number of benzene rings is 1. The number of fused-ring (bicyclic) bond motifs is 1. The largest absolute Gasteiger partial charge is 0.391 e. The molecule has 1 amide bonds. The number of hydrogen-bond acceptors (Lipinski definition) is 2. The van der Waals surface area contributed by atoms with E-state index in [2.05, 4.69) is 12.1 Å². The van der Waals surface area contributed by atoms with E-state index in [1.807, 2.05) is 23.1 Å². The SMILES string of the molecule is O=C1CC[C@H]2[C@@H](O)C[C@H](c3ccccc3)CN12. The van der Waals surface area contributed by atoms with E-state index in [1.54, 1.807) is 0 Å². The fourth-order valence-corrected chi connectivity index (χ4v) is 3.12. The Morgan fingerprint density at radius 1 is 1.24 bits per heavy atom. The lowest BCUT2D eigenvalue weighted by Crippen LogP contribution is -2.48. The van der Waals surface area contributed by atoms with Crippen LogP contribution in [0.1, 0.15) is 30.7 Å². The molecule has 2 aliphatic rings. The standard InChI is InChI=1S/C14H17NO2/c16-13-8-11(10-4-2-1-3-5-10)9-15-12(13)6-7-14(15)17/h1-5,11-13,16H,6-9H2/t11-,12-,13-/m0/s1. The van der Waals surface area contributed by atoms with Gasteiger partial charge in [-0.2, -0.15) is 0 Å². The molecule has 2 saturated heterocycles. The summed E-state index contributed by atoms with van der Waals surface area (Å²) in [6, 6.07) is 10.3. The molecule has 2 heterocycles. The molecule has 3 atom stereocenters.